The lowest BCUT2D eigenvalue weighted by molar-refractivity contribution is -0.122. The van der Waals surface area contributed by atoms with Gasteiger partial charge in [-0.25, -0.2) is 4.68 Å². The summed E-state index contributed by atoms with van der Waals surface area (Å²) >= 11 is 6.36. The van der Waals surface area contributed by atoms with Crippen LogP contribution < -0.4 is 10.9 Å². The third kappa shape index (κ3) is 4.01. The van der Waals surface area contributed by atoms with Gasteiger partial charge in [0.05, 0.1) is 16.7 Å². The molecule has 0 aliphatic carbocycles. The number of nitrogens with one attached hydrogen (secondary N) is 1. The van der Waals surface area contributed by atoms with E-state index in [-0.39, 0.29) is 24.1 Å². The van der Waals surface area contributed by atoms with Crippen LogP contribution in [0.1, 0.15) is 24.9 Å². The molecule has 1 unspecified atom stereocenters. The summed E-state index contributed by atoms with van der Waals surface area (Å²) in [4.78, 5) is 28.1. The molecule has 1 amide bonds. The zero-order valence-corrected chi connectivity index (χ0v) is 15.0. The molecule has 0 aliphatic heterocycles. The van der Waals surface area contributed by atoms with Crippen molar-refractivity contribution in [2.45, 2.75) is 25.9 Å². The van der Waals surface area contributed by atoms with Gasteiger partial charge < -0.3 is 5.32 Å². The van der Waals surface area contributed by atoms with Crippen LogP contribution in [0.25, 0.3) is 0 Å². The molecule has 2 aromatic rings. The van der Waals surface area contributed by atoms with Crippen LogP contribution in [0.3, 0.4) is 0 Å². The number of nitrogens with zero attached hydrogens (tertiary/aromatic N) is 3. The van der Waals surface area contributed by atoms with Gasteiger partial charge in [-0.2, -0.15) is 5.10 Å². The van der Waals surface area contributed by atoms with Crippen molar-refractivity contribution in [3.05, 3.63) is 55.6 Å². The Morgan fingerprint density at radius 1 is 1.36 bits per heavy atom. The molecular formula is C14H14Br2N4O2. The number of carbonyl (C=O) groups excluding carboxylic acids is 1. The van der Waals surface area contributed by atoms with E-state index < -0.39 is 0 Å². The monoisotopic (exact) mass is 428 g/mol. The summed E-state index contributed by atoms with van der Waals surface area (Å²) < 4.78 is 2.01. The Bertz CT molecular complexity index is 719. The van der Waals surface area contributed by atoms with Crippen LogP contribution in [0.5, 0.6) is 0 Å². The average molecular weight is 430 g/mol. The van der Waals surface area contributed by atoms with E-state index in [2.05, 4.69) is 47.3 Å². The van der Waals surface area contributed by atoms with Gasteiger partial charge in [0.2, 0.25) is 5.91 Å². The molecule has 8 heteroatoms. The Labute approximate surface area is 144 Å². The lowest BCUT2D eigenvalue weighted by atomic mass is 10.1. The SMILES string of the molecule is CCC(NC(=O)Cn1ncc(Br)c(Br)c1=O)c1ccncc1. The standard InChI is InChI=1S/C14H14Br2N4O2/c1-2-11(9-3-5-17-6-4-9)19-12(21)8-20-14(22)13(16)10(15)7-18-20/h3-7,11H,2,8H2,1H3,(H,19,21). The minimum absolute atomic E-state index is 0.120. The quantitative estimate of drug-likeness (QED) is 0.791. The highest BCUT2D eigenvalue weighted by Crippen LogP contribution is 2.17. The second-order valence-electron chi connectivity index (χ2n) is 4.58. The summed E-state index contributed by atoms with van der Waals surface area (Å²) in [6, 6.07) is 3.59. The Balaban J connectivity index is 2.10. The summed E-state index contributed by atoms with van der Waals surface area (Å²) in [5.74, 6) is -0.271. The van der Waals surface area contributed by atoms with Gasteiger partial charge in [0.15, 0.2) is 0 Å². The molecule has 2 rings (SSSR count). The van der Waals surface area contributed by atoms with Gasteiger partial charge in [0.25, 0.3) is 5.56 Å². The van der Waals surface area contributed by atoms with Gasteiger partial charge in [0, 0.05) is 12.4 Å². The summed E-state index contributed by atoms with van der Waals surface area (Å²) in [5, 5.41) is 6.84. The van der Waals surface area contributed by atoms with Crippen molar-refractivity contribution in [2.24, 2.45) is 0 Å². The van der Waals surface area contributed by atoms with E-state index >= 15 is 0 Å². The fourth-order valence-corrected chi connectivity index (χ4v) is 2.52. The molecular weight excluding hydrogens is 416 g/mol. The van der Waals surface area contributed by atoms with E-state index in [4.69, 9.17) is 0 Å². The zero-order valence-electron chi connectivity index (χ0n) is 11.8. The van der Waals surface area contributed by atoms with Crippen LogP contribution >= 0.6 is 31.9 Å². The zero-order chi connectivity index (χ0) is 16.1. The summed E-state index contributed by atoms with van der Waals surface area (Å²) in [7, 11) is 0. The second-order valence-corrected chi connectivity index (χ2v) is 6.23. The minimum atomic E-state index is -0.360. The summed E-state index contributed by atoms with van der Waals surface area (Å²) in [5.41, 5.74) is 0.615. The molecule has 0 radical (unpaired) electrons. The largest absolute Gasteiger partial charge is 0.348 e. The first-order chi connectivity index (χ1) is 10.5. The van der Waals surface area contributed by atoms with Crippen molar-refractivity contribution in [1.29, 1.82) is 0 Å². The fourth-order valence-electron chi connectivity index (χ4n) is 1.95. The van der Waals surface area contributed by atoms with E-state index in [1.165, 1.54) is 6.20 Å². The van der Waals surface area contributed by atoms with E-state index in [1.807, 2.05) is 19.1 Å². The molecule has 0 aromatic carbocycles. The normalized spacial score (nSPS) is 12.0. The molecule has 0 saturated carbocycles. The predicted molar refractivity (Wildman–Crippen MR) is 89.3 cm³/mol. The van der Waals surface area contributed by atoms with Crippen LogP contribution in [-0.2, 0) is 11.3 Å². The molecule has 0 aliphatic rings. The topological polar surface area (TPSA) is 76.9 Å². The van der Waals surface area contributed by atoms with Gasteiger partial charge in [-0.1, -0.05) is 6.92 Å². The van der Waals surface area contributed by atoms with Crippen molar-refractivity contribution < 1.29 is 4.79 Å². The molecule has 0 fully saturated rings. The van der Waals surface area contributed by atoms with Crippen LogP contribution in [0.15, 0.2) is 44.5 Å². The van der Waals surface area contributed by atoms with Crippen molar-refractivity contribution in [2.75, 3.05) is 0 Å². The molecule has 1 N–H and O–H groups in total. The summed E-state index contributed by atoms with van der Waals surface area (Å²) in [6.45, 7) is 1.85. The molecule has 0 bridgehead atoms. The van der Waals surface area contributed by atoms with Gasteiger partial charge >= 0.3 is 0 Å². The van der Waals surface area contributed by atoms with E-state index in [9.17, 15) is 9.59 Å². The van der Waals surface area contributed by atoms with Crippen LogP contribution in [0.2, 0.25) is 0 Å². The Morgan fingerprint density at radius 2 is 2.05 bits per heavy atom. The van der Waals surface area contributed by atoms with Crippen molar-refractivity contribution in [3.8, 4) is 0 Å². The van der Waals surface area contributed by atoms with Crippen molar-refractivity contribution >= 4 is 37.8 Å². The molecule has 1 atom stereocenters. The maximum absolute atomic E-state index is 12.2. The minimum Gasteiger partial charge on any atom is -0.348 e. The van der Waals surface area contributed by atoms with Gasteiger partial charge in [-0.05, 0) is 56.0 Å². The Kier molecular flexibility index (Phi) is 5.84. The number of carbonyl (C=O) groups is 1. The second kappa shape index (κ2) is 7.64. The lowest BCUT2D eigenvalue weighted by Crippen LogP contribution is -2.35. The highest BCUT2D eigenvalue weighted by Gasteiger charge is 2.15. The Morgan fingerprint density at radius 3 is 2.68 bits per heavy atom. The average Bonchev–Trinajstić information content (AvgIpc) is 2.54. The third-order valence-electron chi connectivity index (χ3n) is 3.09. The number of hydrogen-bond acceptors (Lipinski definition) is 4. The van der Waals surface area contributed by atoms with E-state index in [1.54, 1.807) is 12.4 Å². The number of pyridine rings is 1. The first kappa shape index (κ1) is 16.8. The smallest absolute Gasteiger partial charge is 0.282 e. The first-order valence-electron chi connectivity index (χ1n) is 6.63. The molecule has 2 aromatic heterocycles. The Hall–Kier alpha value is -1.54. The molecule has 116 valence electrons. The molecule has 6 nitrogen and oxygen atoms in total. The summed E-state index contributed by atoms with van der Waals surface area (Å²) in [6.07, 6.45) is 5.57. The first-order valence-corrected chi connectivity index (χ1v) is 8.22. The van der Waals surface area contributed by atoms with Gasteiger partial charge in [-0.3, -0.25) is 14.6 Å². The number of halogens is 2. The van der Waals surface area contributed by atoms with E-state index in [0.29, 0.717) is 8.95 Å². The maximum Gasteiger partial charge on any atom is 0.282 e. The van der Waals surface area contributed by atoms with Gasteiger partial charge in [-0.15, -0.1) is 0 Å². The van der Waals surface area contributed by atoms with Crippen LogP contribution in [0.4, 0.5) is 0 Å². The van der Waals surface area contributed by atoms with Crippen molar-refractivity contribution in [1.82, 2.24) is 20.1 Å². The number of hydrogen-bond donors (Lipinski definition) is 1. The number of amides is 1. The van der Waals surface area contributed by atoms with Gasteiger partial charge in [0.1, 0.15) is 11.0 Å². The van der Waals surface area contributed by atoms with Crippen LogP contribution in [-0.4, -0.2) is 20.7 Å². The fraction of sp³-hybridized carbons (Fsp3) is 0.286. The third-order valence-corrected chi connectivity index (χ3v) is 4.99. The number of aromatic nitrogens is 3. The van der Waals surface area contributed by atoms with Crippen LogP contribution in [0, 0.1) is 0 Å². The molecule has 22 heavy (non-hydrogen) atoms. The molecule has 0 spiro atoms. The highest BCUT2D eigenvalue weighted by molar-refractivity contribution is 9.13. The highest BCUT2D eigenvalue weighted by atomic mass is 79.9. The predicted octanol–water partition coefficient (Wildman–Crippen LogP) is 2.43. The lowest BCUT2D eigenvalue weighted by Gasteiger charge is -2.17. The van der Waals surface area contributed by atoms with Crippen molar-refractivity contribution in [3.63, 3.8) is 0 Å². The maximum atomic E-state index is 12.2. The molecule has 0 saturated heterocycles. The van der Waals surface area contributed by atoms with E-state index in [0.717, 1.165) is 16.7 Å². The number of rotatable bonds is 5. The molecule has 2 heterocycles.